The number of rotatable bonds is 3. The summed E-state index contributed by atoms with van der Waals surface area (Å²) in [4.78, 5) is 0. The van der Waals surface area contributed by atoms with E-state index in [9.17, 15) is 0 Å². The summed E-state index contributed by atoms with van der Waals surface area (Å²) in [5.41, 5.74) is 3.78. The molecule has 20 heavy (non-hydrogen) atoms. The van der Waals surface area contributed by atoms with Crippen LogP contribution in [-0.4, -0.2) is 18.3 Å². The van der Waals surface area contributed by atoms with Gasteiger partial charge in [0.15, 0.2) is 0 Å². The van der Waals surface area contributed by atoms with E-state index in [1.807, 2.05) is 12.3 Å². The molecular formula is C17H24N2Si. The van der Waals surface area contributed by atoms with Crippen LogP contribution >= 0.6 is 0 Å². The summed E-state index contributed by atoms with van der Waals surface area (Å²) in [6, 6.07) is 12.1. The molecule has 2 aromatic rings. The summed E-state index contributed by atoms with van der Waals surface area (Å²) in [5, 5.41) is 8.18. The molecule has 0 amide bonds. The Labute approximate surface area is 123 Å². The average Bonchev–Trinajstić information content (AvgIpc) is 2.39. The van der Waals surface area contributed by atoms with Crippen LogP contribution in [0.5, 0.6) is 0 Å². The predicted molar refractivity (Wildman–Crippen MR) is 88.4 cm³/mol. The van der Waals surface area contributed by atoms with Gasteiger partial charge in [-0.05, 0) is 22.7 Å². The van der Waals surface area contributed by atoms with E-state index in [1.54, 1.807) is 6.20 Å². The number of aromatic nitrogens is 2. The molecule has 0 radical (unpaired) electrons. The van der Waals surface area contributed by atoms with E-state index < -0.39 is 8.07 Å². The summed E-state index contributed by atoms with van der Waals surface area (Å²) in [7, 11) is -1.26. The molecular weight excluding hydrogens is 260 g/mol. The highest BCUT2D eigenvalue weighted by molar-refractivity contribution is 6.79. The van der Waals surface area contributed by atoms with E-state index in [0.717, 1.165) is 5.56 Å². The first-order valence-corrected chi connectivity index (χ1v) is 10.4. The zero-order chi connectivity index (χ0) is 14.8. The molecule has 0 saturated heterocycles. The Balaban J connectivity index is 2.18. The number of hydrogen-bond donors (Lipinski definition) is 0. The zero-order valence-electron chi connectivity index (χ0n) is 13.1. The SMILES string of the molecule is CC(C)(C)[Si](C)(C)Cc1ccc(-c2ccnnc2)cc1. The second-order valence-electron chi connectivity index (χ2n) is 7.14. The molecule has 0 fully saturated rings. The van der Waals surface area contributed by atoms with Crippen molar-refractivity contribution in [3.63, 3.8) is 0 Å². The third-order valence-electron chi connectivity index (χ3n) is 4.55. The molecule has 3 heteroatoms. The molecule has 0 aliphatic heterocycles. The van der Waals surface area contributed by atoms with Crippen molar-refractivity contribution in [1.82, 2.24) is 10.2 Å². The van der Waals surface area contributed by atoms with Gasteiger partial charge in [-0.15, -0.1) is 0 Å². The van der Waals surface area contributed by atoms with Gasteiger partial charge in [0.05, 0.1) is 20.5 Å². The van der Waals surface area contributed by atoms with Crippen LogP contribution in [0.2, 0.25) is 18.1 Å². The highest BCUT2D eigenvalue weighted by Crippen LogP contribution is 2.38. The molecule has 0 saturated carbocycles. The second-order valence-corrected chi connectivity index (χ2v) is 12.8. The Morgan fingerprint density at radius 2 is 1.55 bits per heavy atom. The summed E-state index contributed by atoms with van der Waals surface area (Å²) in [6.07, 6.45) is 3.54. The van der Waals surface area contributed by atoms with Gasteiger partial charge in [-0.1, -0.05) is 63.7 Å². The van der Waals surface area contributed by atoms with Gasteiger partial charge >= 0.3 is 0 Å². The van der Waals surface area contributed by atoms with E-state index in [2.05, 4.69) is 68.3 Å². The molecule has 0 aliphatic carbocycles. The van der Waals surface area contributed by atoms with Crippen LogP contribution < -0.4 is 0 Å². The van der Waals surface area contributed by atoms with E-state index in [0.29, 0.717) is 5.04 Å². The van der Waals surface area contributed by atoms with Crippen molar-refractivity contribution < 1.29 is 0 Å². The Hall–Kier alpha value is -1.48. The smallest absolute Gasteiger partial charge is 0.0574 e. The van der Waals surface area contributed by atoms with Gasteiger partial charge in [-0.2, -0.15) is 10.2 Å². The van der Waals surface area contributed by atoms with Crippen molar-refractivity contribution >= 4 is 8.07 Å². The zero-order valence-corrected chi connectivity index (χ0v) is 14.1. The second kappa shape index (κ2) is 5.48. The topological polar surface area (TPSA) is 25.8 Å². The quantitative estimate of drug-likeness (QED) is 0.761. The van der Waals surface area contributed by atoms with E-state index in [4.69, 9.17) is 0 Å². The van der Waals surface area contributed by atoms with Gasteiger partial charge in [0.1, 0.15) is 0 Å². The Morgan fingerprint density at radius 1 is 0.900 bits per heavy atom. The molecule has 0 bridgehead atoms. The molecule has 0 spiro atoms. The van der Waals surface area contributed by atoms with Crippen LogP contribution in [0.25, 0.3) is 11.1 Å². The monoisotopic (exact) mass is 284 g/mol. The highest BCUT2D eigenvalue weighted by atomic mass is 28.3. The Kier molecular flexibility index (Phi) is 4.09. The van der Waals surface area contributed by atoms with Gasteiger partial charge in [0, 0.05) is 5.56 Å². The van der Waals surface area contributed by atoms with Gasteiger partial charge in [-0.3, -0.25) is 0 Å². The lowest BCUT2D eigenvalue weighted by atomic mass is 10.1. The first-order valence-electron chi connectivity index (χ1n) is 7.16. The number of benzene rings is 1. The fourth-order valence-corrected chi connectivity index (χ4v) is 3.84. The lowest BCUT2D eigenvalue weighted by Crippen LogP contribution is -2.39. The van der Waals surface area contributed by atoms with Crippen LogP contribution in [0, 0.1) is 0 Å². The molecule has 0 unspecified atom stereocenters. The number of nitrogens with zero attached hydrogens (tertiary/aromatic N) is 2. The molecule has 0 atom stereocenters. The van der Waals surface area contributed by atoms with Crippen molar-refractivity contribution in [2.45, 2.75) is 44.9 Å². The van der Waals surface area contributed by atoms with Crippen LogP contribution in [0.3, 0.4) is 0 Å². The third-order valence-corrected chi connectivity index (χ3v) is 9.90. The normalized spacial score (nSPS) is 12.4. The van der Waals surface area contributed by atoms with Crippen molar-refractivity contribution in [3.8, 4) is 11.1 Å². The third kappa shape index (κ3) is 3.34. The molecule has 1 heterocycles. The highest BCUT2D eigenvalue weighted by Gasteiger charge is 2.34. The van der Waals surface area contributed by atoms with Crippen LogP contribution in [-0.2, 0) is 6.04 Å². The molecule has 2 rings (SSSR count). The average molecular weight is 284 g/mol. The van der Waals surface area contributed by atoms with Crippen molar-refractivity contribution in [2.24, 2.45) is 0 Å². The summed E-state index contributed by atoms with van der Waals surface area (Å²) < 4.78 is 0. The minimum Gasteiger partial charge on any atom is -0.159 e. The maximum Gasteiger partial charge on any atom is 0.0574 e. The minimum atomic E-state index is -1.26. The lowest BCUT2D eigenvalue weighted by molar-refractivity contribution is 0.714. The Bertz CT molecular complexity index is 554. The molecule has 106 valence electrons. The van der Waals surface area contributed by atoms with Crippen molar-refractivity contribution in [2.75, 3.05) is 0 Å². The van der Waals surface area contributed by atoms with E-state index >= 15 is 0 Å². The summed E-state index contributed by atoms with van der Waals surface area (Å²) in [5.74, 6) is 0. The van der Waals surface area contributed by atoms with E-state index in [1.165, 1.54) is 17.2 Å². The maximum atomic E-state index is 3.93. The number of hydrogen-bond acceptors (Lipinski definition) is 2. The first-order chi connectivity index (χ1) is 9.29. The molecule has 0 N–H and O–H groups in total. The standard InChI is InChI=1S/C17H24N2Si/c1-17(2,3)20(4,5)13-14-6-8-15(9-7-14)16-10-11-18-19-12-16/h6-12H,13H2,1-5H3. The van der Waals surface area contributed by atoms with Crippen molar-refractivity contribution in [1.29, 1.82) is 0 Å². The first kappa shape index (κ1) is 14.9. The fraction of sp³-hybridized carbons (Fsp3) is 0.412. The van der Waals surface area contributed by atoms with E-state index in [-0.39, 0.29) is 0 Å². The fourth-order valence-electron chi connectivity index (χ4n) is 2.05. The van der Waals surface area contributed by atoms with Gasteiger partial charge < -0.3 is 0 Å². The molecule has 0 aliphatic rings. The van der Waals surface area contributed by atoms with Crippen LogP contribution in [0.1, 0.15) is 26.3 Å². The minimum absolute atomic E-state index is 0.431. The molecule has 1 aromatic carbocycles. The summed E-state index contributed by atoms with van der Waals surface area (Å²) >= 11 is 0. The largest absolute Gasteiger partial charge is 0.159 e. The summed E-state index contributed by atoms with van der Waals surface area (Å²) in [6.45, 7) is 12.1. The van der Waals surface area contributed by atoms with Crippen LogP contribution in [0.4, 0.5) is 0 Å². The Morgan fingerprint density at radius 3 is 2.05 bits per heavy atom. The van der Waals surface area contributed by atoms with Gasteiger partial charge in [-0.25, -0.2) is 0 Å². The van der Waals surface area contributed by atoms with Gasteiger partial charge in [0.2, 0.25) is 0 Å². The maximum absolute atomic E-state index is 3.93. The molecule has 1 aromatic heterocycles. The van der Waals surface area contributed by atoms with Crippen LogP contribution in [0.15, 0.2) is 42.7 Å². The predicted octanol–water partition coefficient (Wildman–Crippen LogP) is 4.73. The van der Waals surface area contributed by atoms with Crippen molar-refractivity contribution in [3.05, 3.63) is 48.3 Å². The molecule has 2 nitrogen and oxygen atoms in total. The van der Waals surface area contributed by atoms with Gasteiger partial charge in [0.25, 0.3) is 0 Å². The lowest BCUT2D eigenvalue weighted by Gasteiger charge is -2.37.